The van der Waals surface area contributed by atoms with Crippen molar-refractivity contribution in [1.29, 1.82) is 0 Å². The first-order chi connectivity index (χ1) is 5.81. The zero-order chi connectivity index (χ0) is 10.5. The molecule has 8 heteroatoms. The molecule has 0 aliphatic rings. The predicted molar refractivity (Wildman–Crippen MR) is 37.4 cm³/mol. The Morgan fingerprint density at radius 2 is 1.77 bits per heavy atom. The summed E-state index contributed by atoms with van der Waals surface area (Å²) in [7, 11) is -5.46. The van der Waals surface area contributed by atoms with Gasteiger partial charge in [-0.15, -0.1) is 0 Å². The van der Waals surface area contributed by atoms with Gasteiger partial charge in [-0.1, -0.05) is 0 Å². The standard InChI is InChI=1S/C5H9F3O4S/c1-2-11-3-4-12-13(9,10)5(6,7)8/h2-4H2,1H3. The minimum Gasteiger partial charge on any atom is -0.379 e. The molecule has 0 heterocycles. The van der Waals surface area contributed by atoms with Crippen LogP contribution in [0.15, 0.2) is 0 Å². The lowest BCUT2D eigenvalue weighted by Crippen LogP contribution is -2.26. The van der Waals surface area contributed by atoms with Crippen molar-refractivity contribution in [2.24, 2.45) is 0 Å². The fourth-order valence-electron chi connectivity index (χ4n) is 0.414. The average Bonchev–Trinajstić information content (AvgIpc) is 1.96. The molecule has 0 aromatic rings. The maximum atomic E-state index is 11.6. The van der Waals surface area contributed by atoms with Gasteiger partial charge < -0.3 is 4.74 Å². The molecule has 13 heavy (non-hydrogen) atoms. The number of hydrogen-bond acceptors (Lipinski definition) is 4. The Bertz CT molecular complexity index is 233. The van der Waals surface area contributed by atoms with Gasteiger partial charge in [0.1, 0.15) is 0 Å². The minimum absolute atomic E-state index is 0.189. The maximum absolute atomic E-state index is 11.6. The fourth-order valence-corrected chi connectivity index (χ4v) is 0.835. The highest BCUT2D eigenvalue weighted by Crippen LogP contribution is 2.24. The zero-order valence-corrected chi connectivity index (χ0v) is 7.61. The van der Waals surface area contributed by atoms with Gasteiger partial charge >= 0.3 is 15.6 Å². The SMILES string of the molecule is CCOCCOS(=O)(=O)C(F)(F)F. The quantitative estimate of drug-likeness (QED) is 0.394. The molecule has 0 unspecified atom stereocenters. The van der Waals surface area contributed by atoms with Gasteiger partial charge in [0.15, 0.2) is 0 Å². The van der Waals surface area contributed by atoms with E-state index in [1.165, 1.54) is 0 Å². The van der Waals surface area contributed by atoms with E-state index in [0.717, 1.165) is 0 Å². The summed E-state index contributed by atoms with van der Waals surface area (Å²) in [6.45, 7) is 1.09. The fraction of sp³-hybridized carbons (Fsp3) is 1.00. The Balaban J connectivity index is 3.92. The Morgan fingerprint density at radius 1 is 1.23 bits per heavy atom. The molecule has 0 saturated carbocycles. The van der Waals surface area contributed by atoms with Gasteiger partial charge in [-0.2, -0.15) is 21.6 Å². The van der Waals surface area contributed by atoms with E-state index in [0.29, 0.717) is 0 Å². The van der Waals surface area contributed by atoms with Crippen LogP contribution in [0.5, 0.6) is 0 Å². The van der Waals surface area contributed by atoms with E-state index in [4.69, 9.17) is 0 Å². The van der Waals surface area contributed by atoms with Crippen LogP contribution in [-0.4, -0.2) is 33.7 Å². The van der Waals surface area contributed by atoms with E-state index < -0.39 is 22.2 Å². The Labute approximate surface area is 73.8 Å². The highest BCUT2D eigenvalue weighted by molar-refractivity contribution is 7.87. The van der Waals surface area contributed by atoms with E-state index >= 15 is 0 Å². The highest BCUT2D eigenvalue weighted by atomic mass is 32.2. The highest BCUT2D eigenvalue weighted by Gasteiger charge is 2.47. The second-order valence-corrected chi connectivity index (χ2v) is 3.53. The van der Waals surface area contributed by atoms with Crippen molar-refractivity contribution in [2.75, 3.05) is 19.8 Å². The van der Waals surface area contributed by atoms with Gasteiger partial charge in [0.05, 0.1) is 13.2 Å². The van der Waals surface area contributed by atoms with Crippen LogP contribution in [0.3, 0.4) is 0 Å². The summed E-state index contributed by atoms with van der Waals surface area (Å²) in [6.07, 6.45) is 0. The summed E-state index contributed by atoms with van der Waals surface area (Å²) < 4.78 is 63.4. The molecule has 0 aliphatic carbocycles. The number of hydrogen-bond donors (Lipinski definition) is 0. The summed E-state index contributed by atoms with van der Waals surface area (Å²) >= 11 is 0. The zero-order valence-electron chi connectivity index (χ0n) is 6.80. The molecule has 0 radical (unpaired) electrons. The van der Waals surface area contributed by atoms with Crippen LogP contribution in [0.1, 0.15) is 6.92 Å². The summed E-state index contributed by atoms with van der Waals surface area (Å²) in [5.74, 6) is 0. The number of alkyl halides is 3. The lowest BCUT2D eigenvalue weighted by Gasteiger charge is -2.07. The smallest absolute Gasteiger partial charge is 0.379 e. The predicted octanol–water partition coefficient (Wildman–Crippen LogP) is 0.889. The first kappa shape index (κ1) is 12.7. The van der Waals surface area contributed by atoms with Crippen molar-refractivity contribution in [1.82, 2.24) is 0 Å². The summed E-state index contributed by atoms with van der Waals surface area (Å²) in [5, 5.41) is 0. The van der Waals surface area contributed by atoms with Gasteiger partial charge in [-0.05, 0) is 6.92 Å². The Hall–Kier alpha value is -0.340. The maximum Gasteiger partial charge on any atom is 0.523 e. The van der Waals surface area contributed by atoms with Crippen molar-refractivity contribution < 1.29 is 30.5 Å². The normalized spacial score (nSPS) is 13.2. The molecule has 0 aromatic carbocycles. The second kappa shape index (κ2) is 4.77. The van der Waals surface area contributed by atoms with Crippen molar-refractivity contribution >= 4 is 10.1 Å². The number of halogens is 3. The van der Waals surface area contributed by atoms with Crippen LogP contribution >= 0.6 is 0 Å². The van der Waals surface area contributed by atoms with Crippen molar-refractivity contribution in [2.45, 2.75) is 12.4 Å². The lowest BCUT2D eigenvalue weighted by atomic mass is 10.8. The average molecular weight is 222 g/mol. The van der Waals surface area contributed by atoms with Gasteiger partial charge in [0.25, 0.3) is 0 Å². The van der Waals surface area contributed by atoms with Crippen LogP contribution in [0, 0.1) is 0 Å². The molecular weight excluding hydrogens is 213 g/mol. The first-order valence-corrected chi connectivity index (χ1v) is 4.75. The van der Waals surface area contributed by atoms with Crippen LogP contribution in [0.2, 0.25) is 0 Å². The molecule has 0 fully saturated rings. The van der Waals surface area contributed by atoms with E-state index in [1.807, 2.05) is 0 Å². The Kier molecular flexibility index (Phi) is 4.65. The molecule has 0 spiro atoms. The monoisotopic (exact) mass is 222 g/mol. The van der Waals surface area contributed by atoms with Crippen molar-refractivity contribution in [3.05, 3.63) is 0 Å². The van der Waals surface area contributed by atoms with Crippen molar-refractivity contribution in [3.63, 3.8) is 0 Å². The van der Waals surface area contributed by atoms with Gasteiger partial charge in [-0.25, -0.2) is 0 Å². The topological polar surface area (TPSA) is 52.6 Å². The van der Waals surface area contributed by atoms with E-state index in [9.17, 15) is 21.6 Å². The van der Waals surface area contributed by atoms with Crippen LogP contribution in [0.25, 0.3) is 0 Å². The Morgan fingerprint density at radius 3 is 2.15 bits per heavy atom. The van der Waals surface area contributed by atoms with Crippen LogP contribution < -0.4 is 0 Å². The molecule has 0 bridgehead atoms. The van der Waals surface area contributed by atoms with E-state index in [2.05, 4.69) is 8.92 Å². The van der Waals surface area contributed by atoms with Crippen LogP contribution in [0.4, 0.5) is 13.2 Å². The summed E-state index contributed by atoms with van der Waals surface area (Å²) in [6, 6.07) is 0. The molecule has 4 nitrogen and oxygen atoms in total. The van der Waals surface area contributed by atoms with Gasteiger partial charge in [-0.3, -0.25) is 4.18 Å². The summed E-state index contributed by atoms with van der Waals surface area (Å²) in [4.78, 5) is 0. The van der Waals surface area contributed by atoms with Crippen molar-refractivity contribution in [3.8, 4) is 0 Å². The minimum atomic E-state index is -5.46. The number of ether oxygens (including phenoxy) is 1. The lowest BCUT2D eigenvalue weighted by molar-refractivity contribution is -0.0554. The number of rotatable bonds is 5. The van der Waals surface area contributed by atoms with E-state index in [1.54, 1.807) is 6.92 Å². The summed E-state index contributed by atoms with van der Waals surface area (Å²) in [5.41, 5.74) is -5.36. The molecule has 0 rings (SSSR count). The van der Waals surface area contributed by atoms with E-state index in [-0.39, 0.29) is 13.2 Å². The second-order valence-electron chi connectivity index (χ2n) is 1.92. The van der Waals surface area contributed by atoms with Gasteiger partial charge in [0.2, 0.25) is 0 Å². The largest absolute Gasteiger partial charge is 0.523 e. The third kappa shape index (κ3) is 4.44. The molecule has 0 aliphatic heterocycles. The molecule has 0 amide bonds. The molecule has 0 atom stereocenters. The third-order valence-electron chi connectivity index (χ3n) is 0.954. The van der Waals surface area contributed by atoms with Crippen LogP contribution in [-0.2, 0) is 19.0 Å². The molecule has 80 valence electrons. The molecule has 0 aromatic heterocycles. The molecular formula is C5H9F3O4S. The molecule has 0 N–H and O–H groups in total. The third-order valence-corrected chi connectivity index (χ3v) is 2.00. The van der Waals surface area contributed by atoms with Gasteiger partial charge in [0, 0.05) is 6.61 Å². The first-order valence-electron chi connectivity index (χ1n) is 3.34. The molecule has 0 saturated heterocycles.